The Labute approximate surface area is 99.1 Å². The van der Waals surface area contributed by atoms with Crippen LogP contribution in [0.25, 0.3) is 0 Å². The van der Waals surface area contributed by atoms with Crippen molar-refractivity contribution in [2.75, 3.05) is 0 Å². The van der Waals surface area contributed by atoms with Gasteiger partial charge in [0.2, 0.25) is 0 Å². The Hall–Kier alpha value is -0.461. The summed E-state index contributed by atoms with van der Waals surface area (Å²) in [6.07, 6.45) is 6.71. The van der Waals surface area contributed by atoms with Crippen LogP contribution < -0.4 is 4.46 Å². The summed E-state index contributed by atoms with van der Waals surface area (Å²) in [6, 6.07) is 7.72. The fraction of sp³-hybridized carbons (Fsp3) is 0.538. The predicted octanol–water partition coefficient (Wildman–Crippen LogP) is 3.11. The first-order valence-electron chi connectivity index (χ1n) is 5.75. The second-order valence-electron chi connectivity index (χ2n) is 3.73. The Morgan fingerprint density at radius 3 is 2.53 bits per heavy atom. The van der Waals surface area contributed by atoms with Crippen LogP contribution in [-0.4, -0.2) is 20.1 Å². The summed E-state index contributed by atoms with van der Waals surface area (Å²) in [4.78, 5) is 0. The van der Waals surface area contributed by atoms with Gasteiger partial charge in [0, 0.05) is 0 Å². The Kier molecular flexibility index (Phi) is 6.54. The third-order valence-electron chi connectivity index (χ3n) is 2.37. The van der Waals surface area contributed by atoms with Crippen molar-refractivity contribution in [2.24, 2.45) is 0 Å². The second kappa shape index (κ2) is 7.78. The number of rotatable bonds is 7. The molecule has 0 saturated heterocycles. The van der Waals surface area contributed by atoms with Crippen molar-refractivity contribution in [1.29, 1.82) is 0 Å². The molecule has 1 nitrogen and oxygen atoms in total. The summed E-state index contributed by atoms with van der Waals surface area (Å²) in [7, 11) is 0. The molecule has 0 aliphatic carbocycles. The van der Waals surface area contributed by atoms with E-state index in [1.165, 1.54) is 37.4 Å². The molecule has 15 heavy (non-hydrogen) atoms. The Bertz CT molecular complexity index is 273. The van der Waals surface area contributed by atoms with E-state index in [4.69, 9.17) is 0 Å². The molecule has 0 aliphatic heterocycles. The number of hydrogen-bond donors (Lipinski definition) is 1. The molecule has 0 bridgehead atoms. The van der Waals surface area contributed by atoms with Crippen molar-refractivity contribution >= 4 is 19.4 Å². The molecule has 2 heteroatoms. The van der Waals surface area contributed by atoms with E-state index in [9.17, 15) is 5.11 Å². The monoisotopic (exact) mass is 272 g/mol. The van der Waals surface area contributed by atoms with Crippen LogP contribution in [0.3, 0.4) is 0 Å². The third kappa shape index (κ3) is 5.25. The molecule has 1 aromatic carbocycles. The van der Waals surface area contributed by atoms with Crippen molar-refractivity contribution in [3.63, 3.8) is 0 Å². The zero-order valence-corrected chi connectivity index (χ0v) is 11.1. The van der Waals surface area contributed by atoms with E-state index < -0.39 is 0 Å². The van der Waals surface area contributed by atoms with E-state index in [0.717, 1.165) is 4.46 Å². The fourth-order valence-corrected chi connectivity index (χ4v) is 3.48. The number of benzene rings is 1. The SMILES string of the molecule is CCCCCCC[Se]c1ccccc1O. The summed E-state index contributed by atoms with van der Waals surface area (Å²) < 4.78 is 1.15. The number of phenols is 1. The van der Waals surface area contributed by atoms with Crippen LogP contribution in [0, 0.1) is 0 Å². The summed E-state index contributed by atoms with van der Waals surface area (Å²) in [5.41, 5.74) is 0. The second-order valence-corrected chi connectivity index (χ2v) is 6.12. The molecule has 0 aliphatic rings. The van der Waals surface area contributed by atoms with Crippen LogP contribution in [0.4, 0.5) is 0 Å². The van der Waals surface area contributed by atoms with Gasteiger partial charge < -0.3 is 0 Å². The van der Waals surface area contributed by atoms with Gasteiger partial charge in [-0.1, -0.05) is 0 Å². The molecular weight excluding hydrogens is 251 g/mol. The van der Waals surface area contributed by atoms with E-state index in [0.29, 0.717) is 20.7 Å². The fourth-order valence-electron chi connectivity index (χ4n) is 1.47. The van der Waals surface area contributed by atoms with Gasteiger partial charge in [0.1, 0.15) is 0 Å². The van der Waals surface area contributed by atoms with Crippen LogP contribution in [0.1, 0.15) is 39.0 Å². The number of hydrogen-bond acceptors (Lipinski definition) is 1. The Morgan fingerprint density at radius 1 is 1.07 bits per heavy atom. The van der Waals surface area contributed by atoms with Crippen molar-refractivity contribution in [3.8, 4) is 5.75 Å². The summed E-state index contributed by atoms with van der Waals surface area (Å²) in [5, 5.41) is 10.8. The summed E-state index contributed by atoms with van der Waals surface area (Å²) in [6.45, 7) is 2.24. The molecule has 0 heterocycles. The molecule has 0 atom stereocenters. The molecule has 1 N–H and O–H groups in total. The number of unbranched alkanes of at least 4 members (excludes halogenated alkanes) is 4. The Morgan fingerprint density at radius 2 is 1.80 bits per heavy atom. The molecule has 0 spiro atoms. The number of phenolic OH excluding ortho intramolecular Hbond substituents is 1. The van der Waals surface area contributed by atoms with E-state index in [1.54, 1.807) is 6.07 Å². The molecule has 0 radical (unpaired) electrons. The van der Waals surface area contributed by atoms with Gasteiger partial charge in [0.15, 0.2) is 0 Å². The molecule has 0 unspecified atom stereocenters. The minimum absolute atomic E-state index is 0.456. The van der Waals surface area contributed by atoms with Crippen molar-refractivity contribution in [3.05, 3.63) is 24.3 Å². The van der Waals surface area contributed by atoms with E-state index >= 15 is 0 Å². The van der Waals surface area contributed by atoms with E-state index in [2.05, 4.69) is 6.92 Å². The topological polar surface area (TPSA) is 20.2 Å². The molecule has 0 aromatic heterocycles. The zero-order chi connectivity index (χ0) is 10.9. The first-order chi connectivity index (χ1) is 7.34. The normalized spacial score (nSPS) is 10.5. The molecule has 0 amide bonds. The predicted molar refractivity (Wildman–Crippen MR) is 67.1 cm³/mol. The van der Waals surface area contributed by atoms with Gasteiger partial charge in [-0.15, -0.1) is 0 Å². The van der Waals surface area contributed by atoms with Gasteiger partial charge in [-0.25, -0.2) is 0 Å². The first kappa shape index (κ1) is 12.6. The van der Waals surface area contributed by atoms with Crippen LogP contribution >= 0.6 is 0 Å². The molecule has 1 aromatic rings. The van der Waals surface area contributed by atoms with Gasteiger partial charge in [0.05, 0.1) is 0 Å². The van der Waals surface area contributed by atoms with Crippen LogP contribution in [-0.2, 0) is 0 Å². The van der Waals surface area contributed by atoms with Gasteiger partial charge in [0.25, 0.3) is 0 Å². The Balaban J connectivity index is 2.12. The van der Waals surface area contributed by atoms with Crippen LogP contribution in [0.2, 0.25) is 5.32 Å². The van der Waals surface area contributed by atoms with Gasteiger partial charge in [-0.3, -0.25) is 0 Å². The number of para-hydroxylation sites is 1. The van der Waals surface area contributed by atoms with Crippen molar-refractivity contribution < 1.29 is 5.11 Å². The minimum atomic E-state index is 0.456. The quantitative estimate of drug-likeness (QED) is 0.597. The van der Waals surface area contributed by atoms with Crippen LogP contribution in [0.5, 0.6) is 5.75 Å². The molecule has 0 fully saturated rings. The standard InChI is InChI=1S/C13H20OSe/c1-2-3-4-5-8-11-15-13-10-7-6-9-12(13)14/h6-7,9-10,14H,2-5,8,11H2,1H3. The van der Waals surface area contributed by atoms with Gasteiger partial charge in [-0.2, -0.15) is 0 Å². The molecule has 84 valence electrons. The van der Waals surface area contributed by atoms with Gasteiger partial charge >= 0.3 is 98.9 Å². The van der Waals surface area contributed by atoms with E-state index in [1.807, 2.05) is 18.2 Å². The first-order valence-corrected chi connectivity index (χ1v) is 7.82. The number of aromatic hydroxyl groups is 1. The summed E-state index contributed by atoms with van der Waals surface area (Å²) in [5.74, 6) is 0.478. The average Bonchev–Trinajstić information content (AvgIpc) is 2.25. The third-order valence-corrected chi connectivity index (χ3v) is 4.78. The average molecular weight is 271 g/mol. The summed E-state index contributed by atoms with van der Waals surface area (Å²) >= 11 is 0.456. The van der Waals surface area contributed by atoms with Crippen molar-refractivity contribution in [1.82, 2.24) is 0 Å². The van der Waals surface area contributed by atoms with Gasteiger partial charge in [-0.05, 0) is 0 Å². The maximum atomic E-state index is 9.57. The van der Waals surface area contributed by atoms with Crippen LogP contribution in [0.15, 0.2) is 24.3 Å². The maximum absolute atomic E-state index is 9.57. The van der Waals surface area contributed by atoms with Crippen molar-refractivity contribution in [2.45, 2.75) is 44.3 Å². The molecule has 0 saturated carbocycles. The zero-order valence-electron chi connectivity index (χ0n) is 9.41. The molecule has 1 rings (SSSR count). The molecular formula is C13H20OSe. The van der Waals surface area contributed by atoms with E-state index in [-0.39, 0.29) is 0 Å².